The number of carbonyl (C=O) groups excluding carboxylic acids is 1. The van der Waals surface area contributed by atoms with E-state index >= 15 is 0 Å². The second-order valence-corrected chi connectivity index (χ2v) is 5.26. The predicted molar refractivity (Wildman–Crippen MR) is 82.4 cm³/mol. The van der Waals surface area contributed by atoms with Crippen LogP contribution in [0.5, 0.6) is 0 Å². The van der Waals surface area contributed by atoms with Crippen LogP contribution in [-0.4, -0.2) is 12.6 Å². The molecule has 0 aromatic heterocycles. The van der Waals surface area contributed by atoms with Gasteiger partial charge in [0.25, 0.3) is 0 Å². The second kappa shape index (κ2) is 5.44. The molecule has 0 spiro atoms. The molecular weight excluding hydrogens is 262 g/mol. The summed E-state index contributed by atoms with van der Waals surface area (Å²) < 4.78 is 5.23. The highest BCUT2D eigenvalue weighted by molar-refractivity contribution is 6.00. The Morgan fingerprint density at radius 3 is 2.62 bits per heavy atom. The van der Waals surface area contributed by atoms with Crippen LogP contribution in [0.3, 0.4) is 0 Å². The molecule has 0 aliphatic carbocycles. The number of ether oxygens (including phenoxy) is 1. The number of esters is 1. The van der Waals surface area contributed by atoms with E-state index in [0.29, 0.717) is 17.9 Å². The third kappa shape index (κ3) is 2.55. The van der Waals surface area contributed by atoms with Gasteiger partial charge in [-0.1, -0.05) is 54.1 Å². The van der Waals surface area contributed by atoms with E-state index in [-0.39, 0.29) is 11.9 Å². The molecule has 1 aliphatic heterocycles. The summed E-state index contributed by atoms with van der Waals surface area (Å²) in [7, 11) is 0. The highest BCUT2D eigenvalue weighted by atomic mass is 16.5. The Bertz CT molecular complexity index is 704. The zero-order valence-electron chi connectivity index (χ0n) is 11.9. The Labute approximate surface area is 124 Å². The number of nitrogens with two attached hydrogens (primary N) is 1. The molecule has 1 heterocycles. The minimum absolute atomic E-state index is 0.0980. The Morgan fingerprint density at radius 1 is 1.14 bits per heavy atom. The lowest BCUT2D eigenvalue weighted by atomic mass is 9.90. The van der Waals surface area contributed by atoms with Crippen molar-refractivity contribution in [2.75, 3.05) is 6.61 Å². The normalized spacial score (nSPS) is 20.2. The minimum Gasteiger partial charge on any atom is -0.461 e. The first-order valence-electron chi connectivity index (χ1n) is 6.95. The number of hydrogen-bond acceptors (Lipinski definition) is 3. The van der Waals surface area contributed by atoms with E-state index in [9.17, 15) is 4.79 Å². The fourth-order valence-electron chi connectivity index (χ4n) is 2.68. The Balaban J connectivity index is 2.08. The predicted octanol–water partition coefficient (Wildman–Crippen LogP) is 3.01. The van der Waals surface area contributed by atoms with Gasteiger partial charge in [0.1, 0.15) is 6.61 Å². The van der Waals surface area contributed by atoms with Crippen molar-refractivity contribution in [1.82, 2.24) is 0 Å². The molecule has 2 N–H and O–H groups in total. The van der Waals surface area contributed by atoms with Crippen molar-refractivity contribution >= 4 is 11.7 Å². The first kappa shape index (κ1) is 13.4. The maximum atomic E-state index is 12.1. The van der Waals surface area contributed by atoms with Crippen molar-refractivity contribution < 1.29 is 9.53 Å². The van der Waals surface area contributed by atoms with Crippen LogP contribution in [0.25, 0.3) is 5.70 Å². The van der Waals surface area contributed by atoms with Gasteiger partial charge in [0.2, 0.25) is 0 Å². The first-order chi connectivity index (χ1) is 10.2. The van der Waals surface area contributed by atoms with Crippen LogP contribution >= 0.6 is 0 Å². The average Bonchev–Trinajstić information content (AvgIpc) is 2.89. The molecule has 1 aliphatic rings. The summed E-state index contributed by atoms with van der Waals surface area (Å²) in [5, 5.41) is 0. The number of hydrogen-bond donors (Lipinski definition) is 1. The molecule has 1 saturated heterocycles. The smallest absolute Gasteiger partial charge is 0.336 e. The van der Waals surface area contributed by atoms with Crippen molar-refractivity contribution in [3.63, 3.8) is 0 Å². The zero-order chi connectivity index (χ0) is 14.8. The van der Waals surface area contributed by atoms with Crippen LogP contribution in [0.1, 0.15) is 22.6 Å². The van der Waals surface area contributed by atoms with Crippen LogP contribution in [-0.2, 0) is 9.53 Å². The number of aryl methyl sites for hydroxylation is 1. The van der Waals surface area contributed by atoms with Crippen molar-refractivity contribution in [2.45, 2.75) is 12.8 Å². The van der Waals surface area contributed by atoms with E-state index in [1.54, 1.807) is 0 Å². The highest BCUT2D eigenvalue weighted by Crippen LogP contribution is 2.34. The number of cyclic esters (lactones) is 1. The van der Waals surface area contributed by atoms with Crippen LogP contribution in [0.4, 0.5) is 0 Å². The van der Waals surface area contributed by atoms with Gasteiger partial charge >= 0.3 is 5.97 Å². The van der Waals surface area contributed by atoms with Crippen LogP contribution < -0.4 is 5.73 Å². The van der Waals surface area contributed by atoms with Gasteiger partial charge in [-0.2, -0.15) is 0 Å². The fraction of sp³-hybridized carbons (Fsp3) is 0.167. The topological polar surface area (TPSA) is 52.3 Å². The Kier molecular flexibility index (Phi) is 3.48. The lowest BCUT2D eigenvalue weighted by molar-refractivity contribution is -0.135. The van der Waals surface area contributed by atoms with Gasteiger partial charge in [0, 0.05) is 0 Å². The number of carbonyl (C=O) groups is 1. The summed E-state index contributed by atoms with van der Waals surface area (Å²) >= 11 is 0. The maximum Gasteiger partial charge on any atom is 0.336 e. The van der Waals surface area contributed by atoms with Gasteiger partial charge in [-0.15, -0.1) is 0 Å². The summed E-state index contributed by atoms with van der Waals surface area (Å²) in [5.74, 6) is -0.415. The zero-order valence-corrected chi connectivity index (χ0v) is 11.9. The van der Waals surface area contributed by atoms with Crippen molar-refractivity contribution in [2.24, 2.45) is 5.73 Å². The quantitative estimate of drug-likeness (QED) is 0.679. The first-order valence-corrected chi connectivity index (χ1v) is 6.95. The molecule has 3 nitrogen and oxygen atoms in total. The third-order valence-electron chi connectivity index (χ3n) is 3.77. The lowest BCUT2D eigenvalue weighted by Gasteiger charge is -2.12. The molecule has 1 unspecified atom stereocenters. The van der Waals surface area contributed by atoms with E-state index in [0.717, 1.165) is 16.7 Å². The van der Waals surface area contributed by atoms with Gasteiger partial charge in [0.15, 0.2) is 0 Å². The highest BCUT2D eigenvalue weighted by Gasteiger charge is 2.34. The van der Waals surface area contributed by atoms with E-state index in [4.69, 9.17) is 10.5 Å². The monoisotopic (exact) mass is 279 g/mol. The molecule has 0 radical (unpaired) electrons. The second-order valence-electron chi connectivity index (χ2n) is 5.26. The van der Waals surface area contributed by atoms with Gasteiger partial charge in [-0.3, -0.25) is 0 Å². The number of benzene rings is 2. The van der Waals surface area contributed by atoms with Gasteiger partial charge in [-0.05, 0) is 24.1 Å². The summed E-state index contributed by atoms with van der Waals surface area (Å²) in [6.07, 6.45) is 0. The molecule has 21 heavy (non-hydrogen) atoms. The molecule has 1 atom stereocenters. The Hall–Kier alpha value is -2.55. The molecule has 1 fully saturated rings. The molecule has 2 aromatic rings. The van der Waals surface area contributed by atoms with E-state index < -0.39 is 0 Å². The lowest BCUT2D eigenvalue weighted by Crippen LogP contribution is -2.10. The van der Waals surface area contributed by atoms with Crippen molar-refractivity contribution in [3.05, 3.63) is 76.9 Å². The van der Waals surface area contributed by atoms with Crippen molar-refractivity contribution in [1.29, 1.82) is 0 Å². The standard InChI is InChI=1S/C18H17NO2/c1-12-6-5-9-14(10-12)17(19)16-15(11-21-18(16)20)13-7-3-2-4-8-13/h2-10,15H,11,19H2,1H3/b17-16+. The SMILES string of the molecule is Cc1cccc(/C(N)=C2\C(=O)OCC2c2ccccc2)c1. The van der Waals surface area contributed by atoms with Crippen LogP contribution in [0.2, 0.25) is 0 Å². The molecule has 0 bridgehead atoms. The fourth-order valence-corrected chi connectivity index (χ4v) is 2.68. The largest absolute Gasteiger partial charge is 0.461 e. The van der Waals surface area contributed by atoms with Crippen molar-refractivity contribution in [3.8, 4) is 0 Å². The summed E-state index contributed by atoms with van der Waals surface area (Å²) in [4.78, 5) is 12.1. The molecule has 2 aromatic carbocycles. The van der Waals surface area contributed by atoms with Gasteiger partial charge < -0.3 is 10.5 Å². The summed E-state index contributed by atoms with van der Waals surface area (Å²) in [6.45, 7) is 2.35. The van der Waals surface area contributed by atoms with Crippen LogP contribution in [0.15, 0.2) is 60.2 Å². The van der Waals surface area contributed by atoms with E-state index in [1.807, 2.05) is 61.5 Å². The van der Waals surface area contributed by atoms with Gasteiger partial charge in [-0.25, -0.2) is 4.79 Å². The number of rotatable bonds is 2. The van der Waals surface area contributed by atoms with Crippen LogP contribution in [0, 0.1) is 6.92 Å². The Morgan fingerprint density at radius 2 is 1.90 bits per heavy atom. The molecule has 3 rings (SSSR count). The van der Waals surface area contributed by atoms with E-state index in [1.165, 1.54) is 0 Å². The molecule has 0 amide bonds. The van der Waals surface area contributed by atoms with E-state index in [2.05, 4.69) is 0 Å². The summed E-state index contributed by atoms with van der Waals surface area (Å²) in [6, 6.07) is 17.7. The average molecular weight is 279 g/mol. The molecular formula is C18H17NO2. The van der Waals surface area contributed by atoms with Gasteiger partial charge in [0.05, 0.1) is 17.2 Å². The minimum atomic E-state index is -0.317. The molecule has 0 saturated carbocycles. The summed E-state index contributed by atoms with van der Waals surface area (Å²) in [5.41, 5.74) is 10.4. The molecule has 106 valence electrons. The molecule has 3 heteroatoms. The third-order valence-corrected chi connectivity index (χ3v) is 3.77. The maximum absolute atomic E-state index is 12.1.